The molecular weight excluding hydrogens is 172 g/mol. The Morgan fingerprint density at radius 2 is 2.15 bits per heavy atom. The predicted molar refractivity (Wildman–Crippen MR) is 46.4 cm³/mol. The van der Waals surface area contributed by atoms with E-state index in [0.717, 1.165) is 26.1 Å². The number of hydrogen-bond acceptors (Lipinski definition) is 4. The normalized spacial score (nSPS) is 19.9. The summed E-state index contributed by atoms with van der Waals surface area (Å²) >= 11 is 0. The minimum Gasteiger partial charge on any atom is -0.466 e. The molecule has 0 amide bonds. The summed E-state index contributed by atoms with van der Waals surface area (Å²) in [5.74, 6) is -0.215. The predicted octanol–water partition coefficient (Wildman–Crippen LogP) is 0.745. The van der Waals surface area contributed by atoms with Crippen LogP contribution in [0.1, 0.15) is 19.8 Å². The van der Waals surface area contributed by atoms with E-state index in [9.17, 15) is 4.79 Å². The fraction of sp³-hybridized carbons (Fsp3) is 0.889. The first-order chi connectivity index (χ1) is 6.29. The van der Waals surface area contributed by atoms with Crippen molar-refractivity contribution in [2.75, 3.05) is 26.4 Å². The van der Waals surface area contributed by atoms with Crippen LogP contribution in [0.3, 0.4) is 0 Å². The first-order valence-electron chi connectivity index (χ1n) is 4.62. The van der Waals surface area contributed by atoms with E-state index in [4.69, 9.17) is 14.2 Å². The zero-order chi connectivity index (χ0) is 9.52. The molecule has 0 aromatic rings. The monoisotopic (exact) mass is 188 g/mol. The number of hydrogen-bond donors (Lipinski definition) is 0. The van der Waals surface area contributed by atoms with Crippen molar-refractivity contribution in [2.24, 2.45) is 0 Å². The summed E-state index contributed by atoms with van der Waals surface area (Å²) in [6, 6.07) is 0. The molecule has 0 aromatic carbocycles. The third kappa shape index (κ3) is 6.54. The van der Waals surface area contributed by atoms with Gasteiger partial charge in [0.1, 0.15) is 6.10 Å². The van der Waals surface area contributed by atoms with Gasteiger partial charge in [0, 0.05) is 13.5 Å². The summed E-state index contributed by atoms with van der Waals surface area (Å²) in [4.78, 5) is 10.4. The van der Waals surface area contributed by atoms with Gasteiger partial charge in [-0.3, -0.25) is 4.79 Å². The molecule has 1 aliphatic heterocycles. The Labute approximate surface area is 78.2 Å². The lowest BCUT2D eigenvalue weighted by Gasteiger charge is -2.02. The van der Waals surface area contributed by atoms with Gasteiger partial charge in [-0.2, -0.15) is 0 Å². The molecular formula is C9H16O4. The maximum Gasteiger partial charge on any atom is 0.302 e. The molecule has 0 radical (unpaired) electrons. The summed E-state index contributed by atoms with van der Waals surface area (Å²) < 4.78 is 15.0. The Bertz CT molecular complexity index is 154. The fourth-order valence-corrected chi connectivity index (χ4v) is 0.901. The standard InChI is InChI=1S/C9H16O4/c1-8(10)12-5-3-2-4-11-6-9-7-13-9/h9H,2-7H2,1H3. The molecule has 4 nitrogen and oxygen atoms in total. The molecule has 0 spiro atoms. The molecule has 13 heavy (non-hydrogen) atoms. The molecule has 1 fully saturated rings. The maximum absolute atomic E-state index is 10.4. The molecule has 0 saturated carbocycles. The zero-order valence-corrected chi connectivity index (χ0v) is 7.95. The highest BCUT2D eigenvalue weighted by molar-refractivity contribution is 5.65. The van der Waals surface area contributed by atoms with Crippen molar-refractivity contribution < 1.29 is 19.0 Å². The number of carbonyl (C=O) groups excluding carboxylic acids is 1. The molecule has 1 aliphatic rings. The molecule has 0 aliphatic carbocycles. The van der Waals surface area contributed by atoms with Crippen molar-refractivity contribution in [3.8, 4) is 0 Å². The highest BCUT2D eigenvalue weighted by atomic mass is 16.6. The van der Waals surface area contributed by atoms with Crippen molar-refractivity contribution in [3.05, 3.63) is 0 Å². The summed E-state index contributed by atoms with van der Waals surface area (Å²) in [5.41, 5.74) is 0. The van der Waals surface area contributed by atoms with Gasteiger partial charge in [-0.1, -0.05) is 0 Å². The van der Waals surface area contributed by atoms with Gasteiger partial charge in [-0.15, -0.1) is 0 Å². The van der Waals surface area contributed by atoms with Gasteiger partial charge in [0.25, 0.3) is 0 Å². The second kappa shape index (κ2) is 5.94. The molecule has 1 unspecified atom stereocenters. The van der Waals surface area contributed by atoms with Gasteiger partial charge in [0.2, 0.25) is 0 Å². The summed E-state index contributed by atoms with van der Waals surface area (Å²) in [5, 5.41) is 0. The second-order valence-corrected chi connectivity index (χ2v) is 3.08. The maximum atomic E-state index is 10.4. The van der Waals surface area contributed by atoms with Crippen LogP contribution in [0.4, 0.5) is 0 Å². The average molecular weight is 188 g/mol. The van der Waals surface area contributed by atoms with E-state index in [-0.39, 0.29) is 5.97 Å². The van der Waals surface area contributed by atoms with E-state index in [1.807, 2.05) is 0 Å². The number of epoxide rings is 1. The number of carbonyl (C=O) groups is 1. The molecule has 1 rings (SSSR count). The Hall–Kier alpha value is -0.610. The zero-order valence-electron chi connectivity index (χ0n) is 7.95. The van der Waals surface area contributed by atoms with Gasteiger partial charge in [0.05, 0.1) is 19.8 Å². The fourth-order valence-electron chi connectivity index (χ4n) is 0.901. The van der Waals surface area contributed by atoms with E-state index in [0.29, 0.717) is 19.3 Å². The molecule has 1 atom stereocenters. The van der Waals surface area contributed by atoms with E-state index in [1.165, 1.54) is 6.92 Å². The molecule has 0 aromatic heterocycles. The third-order valence-corrected chi connectivity index (χ3v) is 1.69. The van der Waals surface area contributed by atoms with Crippen molar-refractivity contribution in [2.45, 2.75) is 25.9 Å². The summed E-state index contributed by atoms with van der Waals surface area (Å²) in [7, 11) is 0. The molecule has 0 N–H and O–H groups in total. The Morgan fingerprint density at radius 1 is 1.46 bits per heavy atom. The van der Waals surface area contributed by atoms with E-state index < -0.39 is 0 Å². The first kappa shape index (κ1) is 10.5. The lowest BCUT2D eigenvalue weighted by atomic mass is 10.3. The SMILES string of the molecule is CC(=O)OCCCCOCC1CO1. The van der Waals surface area contributed by atoms with Gasteiger partial charge in [-0.05, 0) is 12.8 Å². The smallest absolute Gasteiger partial charge is 0.302 e. The van der Waals surface area contributed by atoms with E-state index >= 15 is 0 Å². The topological polar surface area (TPSA) is 48.1 Å². The van der Waals surface area contributed by atoms with Crippen LogP contribution in [0.15, 0.2) is 0 Å². The van der Waals surface area contributed by atoms with E-state index in [2.05, 4.69) is 0 Å². The minimum atomic E-state index is -0.215. The Kier molecular flexibility index (Phi) is 4.78. The molecule has 1 saturated heterocycles. The van der Waals surface area contributed by atoms with Gasteiger partial charge in [0.15, 0.2) is 0 Å². The van der Waals surface area contributed by atoms with Crippen LogP contribution in [0.2, 0.25) is 0 Å². The van der Waals surface area contributed by atoms with Gasteiger partial charge in [-0.25, -0.2) is 0 Å². The number of rotatable bonds is 7. The Balaban J connectivity index is 1.70. The van der Waals surface area contributed by atoms with Crippen LogP contribution >= 0.6 is 0 Å². The lowest BCUT2D eigenvalue weighted by Crippen LogP contribution is -2.05. The summed E-state index contributed by atoms with van der Waals surface area (Å²) in [6.45, 7) is 4.18. The van der Waals surface area contributed by atoms with Crippen molar-refractivity contribution in [1.29, 1.82) is 0 Å². The highest BCUT2D eigenvalue weighted by Gasteiger charge is 2.21. The number of unbranched alkanes of at least 4 members (excludes halogenated alkanes) is 1. The lowest BCUT2D eigenvalue weighted by molar-refractivity contribution is -0.141. The van der Waals surface area contributed by atoms with Gasteiger partial charge < -0.3 is 14.2 Å². The van der Waals surface area contributed by atoms with Crippen LogP contribution < -0.4 is 0 Å². The van der Waals surface area contributed by atoms with Gasteiger partial charge >= 0.3 is 5.97 Å². The van der Waals surface area contributed by atoms with Crippen LogP contribution in [0, 0.1) is 0 Å². The Morgan fingerprint density at radius 3 is 2.77 bits per heavy atom. The first-order valence-corrected chi connectivity index (χ1v) is 4.62. The molecule has 1 heterocycles. The molecule has 0 bridgehead atoms. The quantitative estimate of drug-likeness (QED) is 0.336. The van der Waals surface area contributed by atoms with E-state index in [1.54, 1.807) is 0 Å². The largest absolute Gasteiger partial charge is 0.466 e. The van der Waals surface area contributed by atoms with Crippen LogP contribution in [-0.4, -0.2) is 38.5 Å². The highest BCUT2D eigenvalue weighted by Crippen LogP contribution is 2.08. The van der Waals surface area contributed by atoms with Crippen molar-refractivity contribution in [3.63, 3.8) is 0 Å². The second-order valence-electron chi connectivity index (χ2n) is 3.08. The molecule has 76 valence electrons. The van der Waals surface area contributed by atoms with Crippen LogP contribution in [0.25, 0.3) is 0 Å². The minimum absolute atomic E-state index is 0.215. The van der Waals surface area contributed by atoms with Crippen LogP contribution in [0.5, 0.6) is 0 Å². The third-order valence-electron chi connectivity index (χ3n) is 1.69. The number of esters is 1. The average Bonchev–Trinajstić information content (AvgIpc) is 2.86. The summed E-state index contributed by atoms with van der Waals surface area (Å²) in [6.07, 6.45) is 2.14. The molecule has 4 heteroatoms. The van der Waals surface area contributed by atoms with Crippen LogP contribution in [-0.2, 0) is 19.0 Å². The number of ether oxygens (including phenoxy) is 3. The van der Waals surface area contributed by atoms with Crippen molar-refractivity contribution in [1.82, 2.24) is 0 Å². The van der Waals surface area contributed by atoms with Crippen molar-refractivity contribution >= 4 is 5.97 Å².